The molecule has 23 heavy (non-hydrogen) atoms. The largest absolute Gasteiger partial charge is 0.504 e. The molecule has 1 atom stereocenters. The van der Waals surface area contributed by atoms with Gasteiger partial charge in [0.2, 0.25) is 0 Å². The van der Waals surface area contributed by atoms with Gasteiger partial charge in [0.25, 0.3) is 0 Å². The van der Waals surface area contributed by atoms with Gasteiger partial charge in [-0.05, 0) is 35.7 Å². The van der Waals surface area contributed by atoms with E-state index in [1.807, 2.05) is 18.2 Å². The number of methoxy groups -OCH3 is 2. The highest BCUT2D eigenvalue weighted by Gasteiger charge is 2.27. The standard InChI is InChI=1S/C18H21NO4/c1-22-16-5-3-11(8-15(16)20)7-12-9-19-10-14-13(12)4-6-17(23-2)18(14)21/h3-6,8,12,19-21H,7,9-10H2,1-2H3/p+1/t12-/m0/s1. The minimum Gasteiger partial charge on any atom is -0.504 e. The summed E-state index contributed by atoms with van der Waals surface area (Å²) in [5.74, 6) is 1.67. The Hall–Kier alpha value is -2.40. The topological polar surface area (TPSA) is 75.5 Å². The van der Waals surface area contributed by atoms with E-state index < -0.39 is 0 Å². The number of benzene rings is 2. The zero-order valence-electron chi connectivity index (χ0n) is 13.4. The molecule has 0 amide bonds. The van der Waals surface area contributed by atoms with Crippen molar-refractivity contribution in [1.82, 2.24) is 0 Å². The lowest BCUT2D eigenvalue weighted by Gasteiger charge is -2.25. The van der Waals surface area contributed by atoms with Crippen LogP contribution >= 0.6 is 0 Å². The van der Waals surface area contributed by atoms with E-state index >= 15 is 0 Å². The van der Waals surface area contributed by atoms with Crippen LogP contribution in [0.15, 0.2) is 30.3 Å². The fourth-order valence-corrected chi connectivity index (χ4v) is 3.29. The number of nitrogens with two attached hydrogens (primary N) is 1. The van der Waals surface area contributed by atoms with Gasteiger partial charge in [-0.2, -0.15) is 0 Å². The van der Waals surface area contributed by atoms with Crippen molar-refractivity contribution in [3.8, 4) is 23.0 Å². The van der Waals surface area contributed by atoms with E-state index in [1.165, 1.54) is 7.11 Å². The Morgan fingerprint density at radius 3 is 2.52 bits per heavy atom. The van der Waals surface area contributed by atoms with E-state index in [0.29, 0.717) is 11.5 Å². The Labute approximate surface area is 135 Å². The average Bonchev–Trinajstić information content (AvgIpc) is 2.56. The maximum absolute atomic E-state index is 10.3. The predicted molar refractivity (Wildman–Crippen MR) is 86.3 cm³/mol. The molecule has 0 aliphatic carbocycles. The molecule has 4 N–H and O–H groups in total. The van der Waals surface area contributed by atoms with Crippen LogP contribution < -0.4 is 14.8 Å². The van der Waals surface area contributed by atoms with Gasteiger partial charge in [0.15, 0.2) is 23.0 Å². The third kappa shape index (κ3) is 2.92. The van der Waals surface area contributed by atoms with Crippen LogP contribution in [0.2, 0.25) is 0 Å². The second-order valence-electron chi connectivity index (χ2n) is 5.82. The molecule has 5 nitrogen and oxygen atoms in total. The van der Waals surface area contributed by atoms with Crippen molar-refractivity contribution >= 4 is 0 Å². The Balaban J connectivity index is 1.89. The first kappa shape index (κ1) is 15.5. The van der Waals surface area contributed by atoms with Gasteiger partial charge in [0, 0.05) is 5.92 Å². The fraction of sp³-hybridized carbons (Fsp3) is 0.333. The molecule has 3 rings (SSSR count). The molecule has 0 fully saturated rings. The van der Waals surface area contributed by atoms with E-state index in [2.05, 4.69) is 5.32 Å². The maximum atomic E-state index is 10.3. The predicted octanol–water partition coefficient (Wildman–Crippen LogP) is 1.52. The normalized spacial score (nSPS) is 16.7. The number of phenols is 2. The third-order valence-electron chi connectivity index (χ3n) is 4.47. The first-order valence-electron chi connectivity index (χ1n) is 7.70. The minimum absolute atomic E-state index is 0.155. The van der Waals surface area contributed by atoms with Crippen molar-refractivity contribution < 1.29 is 25.0 Å². The molecular formula is C18H22NO4+. The second kappa shape index (κ2) is 6.38. The Morgan fingerprint density at radius 1 is 1.09 bits per heavy atom. The van der Waals surface area contributed by atoms with Crippen molar-refractivity contribution in [2.45, 2.75) is 18.9 Å². The highest BCUT2D eigenvalue weighted by atomic mass is 16.5. The molecule has 0 bridgehead atoms. The van der Waals surface area contributed by atoms with Crippen molar-refractivity contribution in [1.29, 1.82) is 0 Å². The van der Waals surface area contributed by atoms with E-state index in [4.69, 9.17) is 9.47 Å². The van der Waals surface area contributed by atoms with E-state index in [-0.39, 0.29) is 17.4 Å². The minimum atomic E-state index is 0.155. The monoisotopic (exact) mass is 316 g/mol. The maximum Gasteiger partial charge on any atom is 0.166 e. The van der Waals surface area contributed by atoms with Gasteiger partial charge in [0.05, 0.1) is 26.3 Å². The number of ether oxygens (including phenoxy) is 2. The first-order valence-corrected chi connectivity index (χ1v) is 7.70. The van der Waals surface area contributed by atoms with Crippen molar-refractivity contribution in [2.75, 3.05) is 20.8 Å². The quantitative estimate of drug-likeness (QED) is 0.799. The molecule has 0 aromatic heterocycles. The lowest BCUT2D eigenvalue weighted by Crippen LogP contribution is -2.85. The smallest absolute Gasteiger partial charge is 0.166 e. The van der Waals surface area contributed by atoms with Gasteiger partial charge >= 0.3 is 0 Å². The summed E-state index contributed by atoms with van der Waals surface area (Å²) in [6.45, 7) is 1.70. The molecule has 1 heterocycles. The second-order valence-corrected chi connectivity index (χ2v) is 5.82. The van der Waals surface area contributed by atoms with Gasteiger partial charge in [-0.3, -0.25) is 0 Å². The third-order valence-corrected chi connectivity index (χ3v) is 4.47. The van der Waals surface area contributed by atoms with Crippen LogP contribution in [0.3, 0.4) is 0 Å². The average molecular weight is 316 g/mol. The summed E-state index contributed by atoms with van der Waals surface area (Å²) in [4.78, 5) is 0. The van der Waals surface area contributed by atoms with Gasteiger partial charge in [0.1, 0.15) is 6.54 Å². The Morgan fingerprint density at radius 2 is 1.83 bits per heavy atom. The van der Waals surface area contributed by atoms with Crippen molar-refractivity contribution in [3.05, 3.63) is 47.0 Å². The van der Waals surface area contributed by atoms with Crippen molar-refractivity contribution in [2.24, 2.45) is 0 Å². The molecule has 1 aliphatic rings. The lowest BCUT2D eigenvalue weighted by atomic mass is 9.85. The molecule has 0 saturated heterocycles. The number of phenolic OH excluding ortho intramolecular Hbond substituents is 2. The van der Waals surface area contributed by atoms with Gasteiger partial charge in [-0.15, -0.1) is 0 Å². The number of aromatic hydroxyl groups is 2. The van der Waals surface area contributed by atoms with E-state index in [9.17, 15) is 10.2 Å². The van der Waals surface area contributed by atoms with Gasteiger partial charge < -0.3 is 25.0 Å². The number of quaternary nitrogens is 1. The molecule has 2 aromatic carbocycles. The highest BCUT2D eigenvalue weighted by molar-refractivity contribution is 5.51. The number of fused-ring (bicyclic) bond motifs is 1. The molecule has 122 valence electrons. The zero-order valence-corrected chi connectivity index (χ0v) is 13.4. The molecule has 1 aliphatic heterocycles. The summed E-state index contributed by atoms with van der Waals surface area (Å²) in [6.07, 6.45) is 0.798. The summed E-state index contributed by atoms with van der Waals surface area (Å²) in [5.41, 5.74) is 3.14. The van der Waals surface area contributed by atoms with Crippen molar-refractivity contribution in [3.63, 3.8) is 0 Å². The van der Waals surface area contributed by atoms with Gasteiger partial charge in [-0.1, -0.05) is 12.1 Å². The summed E-state index contributed by atoms with van der Waals surface area (Å²) in [7, 11) is 3.10. The van der Waals surface area contributed by atoms with Crippen LogP contribution in [-0.4, -0.2) is 31.0 Å². The van der Waals surface area contributed by atoms with Crippen LogP contribution in [0, 0.1) is 0 Å². The van der Waals surface area contributed by atoms with Crippen LogP contribution in [0.4, 0.5) is 0 Å². The van der Waals surface area contributed by atoms with Gasteiger partial charge in [-0.25, -0.2) is 0 Å². The molecular weight excluding hydrogens is 294 g/mol. The summed E-state index contributed by atoms with van der Waals surface area (Å²) in [6, 6.07) is 9.35. The van der Waals surface area contributed by atoms with Crippen LogP contribution in [-0.2, 0) is 13.0 Å². The Bertz CT molecular complexity index is 714. The van der Waals surface area contributed by atoms with Crippen LogP contribution in [0.5, 0.6) is 23.0 Å². The van der Waals surface area contributed by atoms with Crippen LogP contribution in [0.25, 0.3) is 0 Å². The van der Waals surface area contributed by atoms with E-state index in [1.54, 1.807) is 19.2 Å². The molecule has 0 radical (unpaired) electrons. The zero-order chi connectivity index (χ0) is 16.4. The molecule has 0 spiro atoms. The Kier molecular flexibility index (Phi) is 4.30. The summed E-state index contributed by atoms with van der Waals surface area (Å²) in [5, 5.41) is 22.5. The SMILES string of the molecule is COc1ccc(C[C@H]2C[NH2+]Cc3c2ccc(OC)c3O)cc1O. The highest BCUT2D eigenvalue weighted by Crippen LogP contribution is 2.37. The summed E-state index contributed by atoms with van der Waals surface area (Å²) >= 11 is 0. The molecule has 0 unspecified atom stereocenters. The fourth-order valence-electron chi connectivity index (χ4n) is 3.29. The first-order chi connectivity index (χ1) is 11.1. The number of hydrogen-bond acceptors (Lipinski definition) is 4. The molecule has 0 saturated carbocycles. The van der Waals surface area contributed by atoms with E-state index in [0.717, 1.165) is 36.2 Å². The van der Waals surface area contributed by atoms with Crippen LogP contribution in [0.1, 0.15) is 22.6 Å². The molecule has 5 heteroatoms. The number of rotatable bonds is 4. The molecule has 2 aromatic rings. The lowest BCUT2D eigenvalue weighted by molar-refractivity contribution is -0.676. The number of hydrogen-bond donors (Lipinski definition) is 3. The summed E-state index contributed by atoms with van der Waals surface area (Å²) < 4.78 is 10.3.